The maximum absolute atomic E-state index is 10.4. The Morgan fingerprint density at radius 2 is 1.50 bits per heavy atom. The molecule has 0 aromatic rings. The van der Waals surface area contributed by atoms with E-state index in [0.717, 1.165) is 13.2 Å². The van der Waals surface area contributed by atoms with Crippen LogP contribution in [0.4, 0.5) is 0 Å². The van der Waals surface area contributed by atoms with Gasteiger partial charge < -0.3 is 19.4 Å². The number of carbonyl (C=O) groups is 2. The largest absolute Gasteiger partial charge is 1.00 e. The zero-order valence-corrected chi connectivity index (χ0v) is 12.6. The number of ether oxygens (including phenoxy) is 2. The molecule has 0 amide bonds. The molecule has 6 heteroatoms. The van der Waals surface area contributed by atoms with Gasteiger partial charge in [-0.3, -0.25) is 4.79 Å². The van der Waals surface area contributed by atoms with Crippen LogP contribution >= 0.6 is 0 Å². The molecule has 0 atom stereocenters. The van der Waals surface area contributed by atoms with E-state index in [1.807, 2.05) is 13.8 Å². The normalized spacial score (nSPS) is 8.19. The molecular weight excluding hydrogens is 223 g/mol. The van der Waals surface area contributed by atoms with E-state index in [0.29, 0.717) is 0 Å². The molecule has 0 unspecified atom stereocenters. The van der Waals surface area contributed by atoms with Gasteiger partial charge in [0, 0.05) is 19.2 Å². The van der Waals surface area contributed by atoms with Crippen molar-refractivity contribution >= 4 is 11.9 Å². The molecule has 0 saturated heterocycles. The number of carbonyl (C=O) groups excluding carboxylic acids is 2. The van der Waals surface area contributed by atoms with Crippen LogP contribution in [-0.4, -0.2) is 31.8 Å². The first-order chi connectivity index (χ1) is 7.08. The summed E-state index contributed by atoms with van der Waals surface area (Å²) in [6, 6.07) is 0. The fourth-order valence-corrected chi connectivity index (χ4v) is 0.641. The van der Waals surface area contributed by atoms with Gasteiger partial charge in [0.1, 0.15) is 0 Å². The third-order valence-electron chi connectivity index (χ3n) is 1.25. The Balaban J connectivity index is -0.000000242. The van der Waals surface area contributed by atoms with Gasteiger partial charge >= 0.3 is 35.5 Å². The van der Waals surface area contributed by atoms with Gasteiger partial charge in [-0.25, -0.2) is 0 Å². The van der Waals surface area contributed by atoms with Crippen molar-refractivity contribution in [3.8, 4) is 0 Å². The van der Waals surface area contributed by atoms with Crippen molar-refractivity contribution in [1.82, 2.24) is 0 Å². The average molecular weight is 242 g/mol. The fourth-order valence-electron chi connectivity index (χ4n) is 0.641. The second kappa shape index (κ2) is 17.3. The van der Waals surface area contributed by atoms with Crippen LogP contribution in [0.25, 0.3) is 0 Å². The molecule has 0 heterocycles. The minimum Gasteiger partial charge on any atom is -0.550 e. The van der Waals surface area contributed by atoms with E-state index in [-0.39, 0.29) is 49.0 Å². The first-order valence-corrected chi connectivity index (χ1v) is 5.01. The van der Waals surface area contributed by atoms with Gasteiger partial charge in [-0.1, -0.05) is 0 Å². The molecule has 0 aliphatic carbocycles. The van der Waals surface area contributed by atoms with Crippen molar-refractivity contribution < 1.29 is 53.7 Å². The second-order valence-electron chi connectivity index (χ2n) is 2.46. The van der Waals surface area contributed by atoms with Crippen LogP contribution in [0.2, 0.25) is 0 Å². The molecule has 0 aliphatic rings. The molecule has 5 nitrogen and oxygen atoms in total. The van der Waals surface area contributed by atoms with E-state index in [4.69, 9.17) is 4.74 Å². The first-order valence-electron chi connectivity index (χ1n) is 5.01. The van der Waals surface area contributed by atoms with Gasteiger partial charge in [-0.05, 0) is 27.2 Å². The van der Waals surface area contributed by atoms with Crippen LogP contribution in [0, 0.1) is 0 Å². The predicted molar refractivity (Wildman–Crippen MR) is 53.0 cm³/mol. The van der Waals surface area contributed by atoms with Gasteiger partial charge in [0.05, 0.1) is 13.0 Å². The molecule has 0 aliphatic heterocycles. The standard InChI is InChI=1S/C6H10O4.C4H10O.Na/c1-2-10-6(9)4-3-5(7)8;1-3-5-4-2;/h2-4H2,1H3,(H,7,8);3-4H2,1-2H3;/q;;+1/p-1. The molecule has 0 radical (unpaired) electrons. The van der Waals surface area contributed by atoms with Gasteiger partial charge in [0.15, 0.2) is 0 Å². The molecule has 90 valence electrons. The summed E-state index contributed by atoms with van der Waals surface area (Å²) in [4.78, 5) is 20.2. The van der Waals surface area contributed by atoms with E-state index in [9.17, 15) is 14.7 Å². The van der Waals surface area contributed by atoms with Crippen molar-refractivity contribution in [2.45, 2.75) is 33.6 Å². The van der Waals surface area contributed by atoms with E-state index >= 15 is 0 Å². The minimum atomic E-state index is -1.23. The van der Waals surface area contributed by atoms with Crippen molar-refractivity contribution in [2.75, 3.05) is 19.8 Å². The molecule has 0 bridgehead atoms. The number of esters is 1. The Kier molecular flexibility index (Phi) is 22.9. The molecule has 0 saturated carbocycles. The van der Waals surface area contributed by atoms with Crippen molar-refractivity contribution in [3.63, 3.8) is 0 Å². The third-order valence-corrected chi connectivity index (χ3v) is 1.25. The average Bonchev–Trinajstić information content (AvgIpc) is 2.17. The quantitative estimate of drug-likeness (QED) is 0.369. The molecule has 0 spiro atoms. The topological polar surface area (TPSA) is 75.7 Å². The molecule has 0 aromatic heterocycles. The number of hydrogen-bond donors (Lipinski definition) is 0. The van der Waals surface area contributed by atoms with Crippen LogP contribution < -0.4 is 34.7 Å². The summed E-state index contributed by atoms with van der Waals surface area (Å²) in [5.74, 6) is -1.72. The summed E-state index contributed by atoms with van der Waals surface area (Å²) < 4.78 is 9.30. The van der Waals surface area contributed by atoms with Gasteiger partial charge in [0.25, 0.3) is 0 Å². The van der Waals surface area contributed by atoms with E-state index < -0.39 is 11.9 Å². The SMILES string of the molecule is CCOC(=O)CCC(=O)[O-].CCOCC.[Na+]. The monoisotopic (exact) mass is 242 g/mol. The number of rotatable bonds is 6. The smallest absolute Gasteiger partial charge is 0.550 e. The van der Waals surface area contributed by atoms with Crippen molar-refractivity contribution in [1.29, 1.82) is 0 Å². The maximum atomic E-state index is 10.4. The zero-order valence-electron chi connectivity index (χ0n) is 10.6. The Bertz CT molecular complexity index is 171. The number of carboxylic acid groups (broad SMARTS) is 1. The molecule has 16 heavy (non-hydrogen) atoms. The Labute approximate surface area is 119 Å². The maximum Gasteiger partial charge on any atom is 1.00 e. The van der Waals surface area contributed by atoms with Crippen LogP contribution in [-0.2, 0) is 19.1 Å². The van der Waals surface area contributed by atoms with Gasteiger partial charge in [-0.2, -0.15) is 0 Å². The minimum absolute atomic E-state index is 0. The number of aliphatic carboxylic acids is 1. The van der Waals surface area contributed by atoms with Crippen LogP contribution in [0.15, 0.2) is 0 Å². The number of hydrogen-bond acceptors (Lipinski definition) is 5. The second-order valence-corrected chi connectivity index (χ2v) is 2.46. The summed E-state index contributed by atoms with van der Waals surface area (Å²) in [5.41, 5.74) is 0. The molecule has 0 rings (SSSR count). The Morgan fingerprint density at radius 1 is 1.00 bits per heavy atom. The Hall–Kier alpha value is -0.100. The summed E-state index contributed by atoms with van der Waals surface area (Å²) in [5, 5.41) is 9.79. The summed E-state index contributed by atoms with van der Waals surface area (Å²) >= 11 is 0. The van der Waals surface area contributed by atoms with Crippen molar-refractivity contribution in [3.05, 3.63) is 0 Å². The van der Waals surface area contributed by atoms with E-state index in [2.05, 4.69) is 4.74 Å². The summed E-state index contributed by atoms with van der Waals surface area (Å²) in [6.45, 7) is 7.61. The molecule has 0 fully saturated rings. The van der Waals surface area contributed by atoms with Crippen LogP contribution in [0.1, 0.15) is 33.6 Å². The van der Waals surface area contributed by atoms with Crippen molar-refractivity contribution in [2.24, 2.45) is 0 Å². The van der Waals surface area contributed by atoms with Gasteiger partial charge in [-0.15, -0.1) is 0 Å². The summed E-state index contributed by atoms with van der Waals surface area (Å²) in [7, 11) is 0. The summed E-state index contributed by atoms with van der Waals surface area (Å²) in [6.07, 6.45) is -0.366. The fraction of sp³-hybridized carbons (Fsp3) is 0.800. The zero-order chi connectivity index (χ0) is 12.1. The Morgan fingerprint density at radius 3 is 1.75 bits per heavy atom. The van der Waals surface area contributed by atoms with Gasteiger partial charge in [0.2, 0.25) is 0 Å². The molecule has 0 aromatic carbocycles. The van der Waals surface area contributed by atoms with E-state index in [1.54, 1.807) is 6.92 Å². The third kappa shape index (κ3) is 23.6. The van der Waals surface area contributed by atoms with Crippen LogP contribution in [0.5, 0.6) is 0 Å². The predicted octanol–water partition coefficient (Wildman–Crippen LogP) is -2.87. The van der Waals surface area contributed by atoms with E-state index in [1.165, 1.54) is 0 Å². The molecule has 0 N–H and O–H groups in total. The first kappa shape index (κ1) is 21.2. The molecular formula is C10H19NaO5. The van der Waals surface area contributed by atoms with Crippen LogP contribution in [0.3, 0.4) is 0 Å². The number of carboxylic acids is 1.